The van der Waals surface area contributed by atoms with Crippen LogP contribution in [0.2, 0.25) is 0 Å². The molecule has 152 valence electrons. The van der Waals surface area contributed by atoms with Gasteiger partial charge in [-0.1, -0.05) is 41.7 Å². The Morgan fingerprint density at radius 1 is 1.07 bits per heavy atom. The van der Waals surface area contributed by atoms with Gasteiger partial charge in [-0.3, -0.25) is 10.1 Å². The molecule has 4 rings (SSSR count). The van der Waals surface area contributed by atoms with Crippen molar-refractivity contribution in [2.75, 3.05) is 14.2 Å². The van der Waals surface area contributed by atoms with Crippen LogP contribution in [0.5, 0.6) is 11.5 Å². The first-order valence-corrected chi connectivity index (χ1v) is 10.3. The lowest BCUT2D eigenvalue weighted by Gasteiger charge is -2.08. The van der Waals surface area contributed by atoms with E-state index in [9.17, 15) is 4.79 Å². The van der Waals surface area contributed by atoms with E-state index < -0.39 is 0 Å². The van der Waals surface area contributed by atoms with Crippen LogP contribution in [0.1, 0.15) is 10.4 Å². The van der Waals surface area contributed by atoms with Crippen molar-refractivity contribution in [1.29, 1.82) is 0 Å². The maximum atomic E-state index is 12.6. The lowest BCUT2D eigenvalue weighted by Crippen LogP contribution is -2.29. The van der Waals surface area contributed by atoms with Crippen molar-refractivity contribution >= 4 is 55.6 Å². The molecule has 1 amide bonds. The standard InChI is InChI=1S/C22H19N3O3S2/c1-25-18-9-8-13-6-4-5-7-17(13)19(18)30-22(25)24-21(29)23-20(26)14-10-15(27-2)12-16(11-14)28-3/h4-12H,1-3H3,(H,23,26,29). The summed E-state index contributed by atoms with van der Waals surface area (Å²) in [6.07, 6.45) is 0. The number of hydrogen-bond donors (Lipinski definition) is 1. The summed E-state index contributed by atoms with van der Waals surface area (Å²) in [5.41, 5.74) is 1.43. The number of benzene rings is 3. The van der Waals surface area contributed by atoms with Gasteiger partial charge < -0.3 is 14.0 Å². The SMILES string of the molecule is COc1cc(OC)cc(C(=O)NC(=S)N=c2sc3c4ccccc4ccc3n2C)c1. The maximum Gasteiger partial charge on any atom is 0.257 e. The van der Waals surface area contributed by atoms with Gasteiger partial charge in [0.15, 0.2) is 4.80 Å². The third-order valence-corrected chi connectivity index (χ3v) is 6.11. The van der Waals surface area contributed by atoms with Crippen molar-refractivity contribution in [2.45, 2.75) is 0 Å². The first-order chi connectivity index (χ1) is 14.5. The number of rotatable bonds is 3. The van der Waals surface area contributed by atoms with E-state index in [4.69, 9.17) is 21.7 Å². The molecule has 0 saturated carbocycles. The molecule has 4 aromatic rings. The number of nitrogens with zero attached hydrogens (tertiary/aromatic N) is 2. The van der Waals surface area contributed by atoms with Crippen LogP contribution in [0.4, 0.5) is 0 Å². The van der Waals surface area contributed by atoms with Gasteiger partial charge in [-0.25, -0.2) is 0 Å². The second-order valence-electron chi connectivity index (χ2n) is 6.55. The number of aryl methyl sites for hydroxylation is 1. The van der Waals surface area contributed by atoms with Crippen LogP contribution < -0.4 is 19.6 Å². The van der Waals surface area contributed by atoms with Crippen LogP contribution in [-0.2, 0) is 7.05 Å². The highest BCUT2D eigenvalue weighted by molar-refractivity contribution is 7.80. The molecule has 0 atom stereocenters. The number of carbonyl (C=O) groups excluding carboxylic acids is 1. The van der Waals surface area contributed by atoms with E-state index in [2.05, 4.69) is 34.6 Å². The molecule has 30 heavy (non-hydrogen) atoms. The van der Waals surface area contributed by atoms with Gasteiger partial charge in [0, 0.05) is 24.1 Å². The third-order valence-electron chi connectivity index (χ3n) is 4.73. The van der Waals surface area contributed by atoms with E-state index in [1.807, 2.05) is 23.7 Å². The molecule has 0 saturated heterocycles. The second kappa shape index (κ2) is 8.25. The Morgan fingerprint density at radius 3 is 2.47 bits per heavy atom. The highest BCUT2D eigenvalue weighted by Crippen LogP contribution is 2.27. The van der Waals surface area contributed by atoms with Crippen LogP contribution in [0, 0.1) is 0 Å². The maximum absolute atomic E-state index is 12.6. The molecule has 0 aliphatic rings. The molecule has 0 aliphatic carbocycles. The zero-order chi connectivity index (χ0) is 21.3. The van der Waals surface area contributed by atoms with Gasteiger partial charge in [0.05, 0.1) is 24.4 Å². The van der Waals surface area contributed by atoms with Crippen LogP contribution >= 0.6 is 23.6 Å². The molecule has 1 aromatic heterocycles. The van der Waals surface area contributed by atoms with E-state index in [1.165, 1.54) is 30.9 Å². The summed E-state index contributed by atoms with van der Waals surface area (Å²) in [6.45, 7) is 0. The van der Waals surface area contributed by atoms with Gasteiger partial charge in [0.1, 0.15) is 11.5 Å². The molecular weight excluding hydrogens is 418 g/mol. The van der Waals surface area contributed by atoms with E-state index in [-0.39, 0.29) is 11.0 Å². The van der Waals surface area contributed by atoms with Crippen LogP contribution in [0.15, 0.2) is 59.6 Å². The molecule has 1 N–H and O–H groups in total. The fourth-order valence-corrected chi connectivity index (χ4v) is 4.58. The van der Waals surface area contributed by atoms with Gasteiger partial charge in [0.25, 0.3) is 5.91 Å². The molecule has 0 unspecified atom stereocenters. The summed E-state index contributed by atoms with van der Waals surface area (Å²) in [5, 5.41) is 5.09. The highest BCUT2D eigenvalue weighted by Gasteiger charge is 2.12. The summed E-state index contributed by atoms with van der Waals surface area (Å²) in [6, 6.07) is 17.3. The Balaban J connectivity index is 1.66. The lowest BCUT2D eigenvalue weighted by atomic mass is 10.1. The number of amides is 1. The van der Waals surface area contributed by atoms with Crippen LogP contribution in [0.3, 0.4) is 0 Å². The van der Waals surface area contributed by atoms with Crippen LogP contribution in [-0.4, -0.2) is 29.8 Å². The number of carbonyl (C=O) groups is 1. The first-order valence-electron chi connectivity index (χ1n) is 9.10. The Labute approximate surface area is 182 Å². The monoisotopic (exact) mass is 437 g/mol. The lowest BCUT2D eigenvalue weighted by molar-refractivity contribution is 0.0976. The van der Waals surface area contributed by atoms with Gasteiger partial charge >= 0.3 is 0 Å². The number of thiazole rings is 1. The van der Waals surface area contributed by atoms with Crippen molar-refractivity contribution < 1.29 is 14.3 Å². The summed E-state index contributed by atoms with van der Waals surface area (Å²) in [7, 11) is 4.99. The van der Waals surface area contributed by atoms with E-state index >= 15 is 0 Å². The van der Waals surface area contributed by atoms with Gasteiger partial charge in [-0.15, -0.1) is 0 Å². The first kappa shape index (κ1) is 20.1. The molecule has 0 fully saturated rings. The number of methoxy groups -OCH3 is 2. The Hall–Kier alpha value is -3.23. The Bertz CT molecular complexity index is 1330. The third kappa shape index (κ3) is 3.79. The Kier molecular flexibility index (Phi) is 5.52. The van der Waals surface area contributed by atoms with Crippen molar-refractivity contribution in [3.63, 3.8) is 0 Å². The van der Waals surface area contributed by atoms with Crippen LogP contribution in [0.25, 0.3) is 21.0 Å². The summed E-state index contributed by atoms with van der Waals surface area (Å²) in [4.78, 5) is 17.8. The molecule has 8 heteroatoms. The van der Waals surface area contributed by atoms with Crippen molar-refractivity contribution in [2.24, 2.45) is 12.0 Å². The fourth-order valence-electron chi connectivity index (χ4n) is 3.19. The molecule has 0 spiro atoms. The largest absolute Gasteiger partial charge is 0.497 e. The van der Waals surface area contributed by atoms with Gasteiger partial charge in [-0.2, -0.15) is 4.99 Å². The second-order valence-corrected chi connectivity index (χ2v) is 7.92. The molecule has 0 radical (unpaired) electrons. The quantitative estimate of drug-likeness (QED) is 0.492. The summed E-state index contributed by atoms with van der Waals surface area (Å²) < 4.78 is 13.5. The smallest absolute Gasteiger partial charge is 0.257 e. The topological polar surface area (TPSA) is 64.8 Å². The number of thiocarbonyl (C=S) groups is 1. The molecule has 3 aromatic carbocycles. The van der Waals surface area contributed by atoms with Crippen molar-refractivity contribution in [1.82, 2.24) is 9.88 Å². The van der Waals surface area contributed by atoms with E-state index in [1.54, 1.807) is 18.2 Å². The molecule has 1 heterocycles. The number of hydrogen-bond acceptors (Lipinski definition) is 5. The molecule has 0 aliphatic heterocycles. The van der Waals surface area contributed by atoms with Crippen molar-refractivity contribution in [3.05, 3.63) is 65.0 Å². The average molecular weight is 438 g/mol. The normalized spacial score (nSPS) is 11.6. The minimum atomic E-state index is -0.379. The molecular formula is C22H19N3O3S2. The van der Waals surface area contributed by atoms with Gasteiger partial charge in [0.2, 0.25) is 5.11 Å². The average Bonchev–Trinajstić information content (AvgIpc) is 3.08. The number of nitrogens with one attached hydrogen (secondary N) is 1. The zero-order valence-corrected chi connectivity index (χ0v) is 18.3. The Morgan fingerprint density at radius 2 is 1.77 bits per heavy atom. The molecule has 6 nitrogen and oxygen atoms in total. The zero-order valence-electron chi connectivity index (χ0n) is 16.6. The number of aromatic nitrogens is 1. The minimum Gasteiger partial charge on any atom is -0.497 e. The van der Waals surface area contributed by atoms with Crippen molar-refractivity contribution in [3.8, 4) is 11.5 Å². The van der Waals surface area contributed by atoms with E-state index in [0.29, 0.717) is 21.9 Å². The summed E-state index contributed by atoms with van der Waals surface area (Å²) >= 11 is 6.86. The predicted molar refractivity (Wildman–Crippen MR) is 123 cm³/mol. The van der Waals surface area contributed by atoms with Gasteiger partial charge in [-0.05, 0) is 35.8 Å². The highest BCUT2D eigenvalue weighted by atomic mass is 32.1. The summed E-state index contributed by atoms with van der Waals surface area (Å²) in [5.74, 6) is 0.658. The number of ether oxygens (including phenoxy) is 2. The number of fused-ring (bicyclic) bond motifs is 3. The predicted octanol–water partition coefficient (Wildman–Crippen LogP) is 4.03. The fraction of sp³-hybridized carbons (Fsp3) is 0.136. The van der Waals surface area contributed by atoms with E-state index in [0.717, 1.165) is 15.6 Å². The molecule has 0 bridgehead atoms. The minimum absolute atomic E-state index is 0.0910.